The van der Waals surface area contributed by atoms with E-state index in [9.17, 15) is 9.59 Å². The van der Waals surface area contributed by atoms with Crippen LogP contribution < -0.4 is 5.32 Å². The first-order valence-electron chi connectivity index (χ1n) is 9.09. The molecule has 27 heavy (non-hydrogen) atoms. The molecule has 1 atom stereocenters. The van der Waals surface area contributed by atoms with Gasteiger partial charge in [-0.15, -0.1) is 11.8 Å². The van der Waals surface area contributed by atoms with Crippen molar-refractivity contribution in [2.75, 3.05) is 5.32 Å². The Morgan fingerprint density at radius 2 is 1.96 bits per heavy atom. The third-order valence-electron chi connectivity index (χ3n) is 4.53. The Hall–Kier alpha value is -2.28. The Labute approximate surface area is 163 Å². The Morgan fingerprint density at radius 1 is 1.30 bits per heavy atom. The highest BCUT2D eigenvalue weighted by atomic mass is 32.2. The lowest BCUT2D eigenvalue weighted by molar-refractivity contribution is -0.152. The van der Waals surface area contributed by atoms with Crippen LogP contribution in [-0.4, -0.2) is 33.0 Å². The summed E-state index contributed by atoms with van der Waals surface area (Å²) in [4.78, 5) is 25.7. The van der Waals surface area contributed by atoms with E-state index in [-0.39, 0.29) is 12.3 Å². The fourth-order valence-corrected chi connectivity index (χ4v) is 3.75. The molecule has 2 aromatic rings. The lowest BCUT2D eigenvalue weighted by Crippen LogP contribution is -2.30. The predicted octanol–water partition coefficient (Wildman–Crippen LogP) is 3.40. The average Bonchev–Trinajstić information content (AvgIpc) is 3.40. The number of carbonyl (C=O) groups is 2. The van der Waals surface area contributed by atoms with Crippen LogP contribution in [0.2, 0.25) is 0 Å². The number of nitrogens with zero attached hydrogens (tertiary/aromatic N) is 2. The molecule has 1 heterocycles. The summed E-state index contributed by atoms with van der Waals surface area (Å²) < 4.78 is 7.00. The van der Waals surface area contributed by atoms with Gasteiger partial charge in [0.25, 0.3) is 5.91 Å². The Balaban J connectivity index is 1.51. The molecular weight excluding hydrogens is 362 g/mol. The molecule has 1 fully saturated rings. The summed E-state index contributed by atoms with van der Waals surface area (Å²) in [7, 11) is 1.82. The summed E-state index contributed by atoms with van der Waals surface area (Å²) in [6.45, 7) is 5.27. The van der Waals surface area contributed by atoms with Crippen molar-refractivity contribution in [1.82, 2.24) is 9.78 Å². The summed E-state index contributed by atoms with van der Waals surface area (Å²) in [5.41, 5.74) is 3.12. The van der Waals surface area contributed by atoms with E-state index in [1.807, 2.05) is 56.9 Å². The van der Waals surface area contributed by atoms with Crippen molar-refractivity contribution < 1.29 is 14.3 Å². The number of hydrogen-bond acceptors (Lipinski definition) is 5. The van der Waals surface area contributed by atoms with Crippen LogP contribution in [0.15, 0.2) is 29.2 Å². The number of benzene rings is 1. The molecule has 0 spiro atoms. The second-order valence-electron chi connectivity index (χ2n) is 6.93. The Bertz CT molecular complexity index is 841. The van der Waals surface area contributed by atoms with Gasteiger partial charge in [-0.2, -0.15) is 5.10 Å². The van der Waals surface area contributed by atoms with Crippen molar-refractivity contribution in [3.05, 3.63) is 41.2 Å². The maximum Gasteiger partial charge on any atom is 0.311 e. The van der Waals surface area contributed by atoms with Gasteiger partial charge >= 0.3 is 5.97 Å². The van der Waals surface area contributed by atoms with Crippen LogP contribution in [-0.2, 0) is 27.8 Å². The molecule has 1 saturated carbocycles. The summed E-state index contributed by atoms with van der Waals surface area (Å²) in [5.74, 6) is -0.779. The lowest BCUT2D eigenvalue weighted by atomic mass is 10.1. The number of amides is 1. The normalized spacial score (nSPS) is 14.7. The zero-order chi connectivity index (χ0) is 19.6. The maximum absolute atomic E-state index is 12.3. The van der Waals surface area contributed by atoms with E-state index in [1.165, 1.54) is 17.7 Å². The highest BCUT2D eigenvalue weighted by molar-refractivity contribution is 8.00. The number of ether oxygens (including phenoxy) is 1. The topological polar surface area (TPSA) is 73.2 Å². The minimum atomic E-state index is -0.874. The summed E-state index contributed by atoms with van der Waals surface area (Å²) in [6, 6.07) is 7.96. The van der Waals surface area contributed by atoms with E-state index in [0.29, 0.717) is 5.69 Å². The number of carbonyl (C=O) groups excluding carboxylic acids is 2. The van der Waals surface area contributed by atoms with E-state index in [4.69, 9.17) is 4.74 Å². The number of aryl methyl sites for hydroxylation is 2. The minimum Gasteiger partial charge on any atom is -0.452 e. The number of anilines is 1. The highest BCUT2D eigenvalue weighted by Gasteiger charge is 2.23. The summed E-state index contributed by atoms with van der Waals surface area (Å²) >= 11 is 1.88. The number of rotatable bonds is 7. The number of hydrogen-bond donors (Lipinski definition) is 1. The van der Waals surface area contributed by atoms with Crippen molar-refractivity contribution >= 4 is 29.3 Å². The van der Waals surface area contributed by atoms with Crippen LogP contribution in [0, 0.1) is 13.8 Å². The third-order valence-corrected chi connectivity index (χ3v) is 5.88. The van der Waals surface area contributed by atoms with Crippen molar-refractivity contribution in [2.24, 2.45) is 7.05 Å². The molecule has 0 bridgehead atoms. The molecule has 144 valence electrons. The predicted molar refractivity (Wildman–Crippen MR) is 106 cm³/mol. The minimum absolute atomic E-state index is 0.150. The monoisotopic (exact) mass is 387 g/mol. The summed E-state index contributed by atoms with van der Waals surface area (Å²) in [5, 5.41) is 7.82. The van der Waals surface area contributed by atoms with Gasteiger partial charge in [0.15, 0.2) is 6.10 Å². The van der Waals surface area contributed by atoms with Gasteiger partial charge in [0.2, 0.25) is 0 Å². The molecule has 0 radical (unpaired) electrons. The highest BCUT2D eigenvalue weighted by Crippen LogP contribution is 2.39. The molecule has 0 saturated heterocycles. The van der Waals surface area contributed by atoms with Gasteiger partial charge in [0.05, 0.1) is 23.5 Å². The van der Waals surface area contributed by atoms with Crippen LogP contribution in [0.3, 0.4) is 0 Å². The molecule has 1 aliphatic rings. The molecular formula is C20H25N3O3S. The van der Waals surface area contributed by atoms with Gasteiger partial charge in [-0.3, -0.25) is 14.3 Å². The number of aromatic nitrogens is 2. The SMILES string of the molecule is Cc1nn(C)c(C)c1NC(=O)C(C)OC(=O)Cc1ccc(SC2CC2)cc1. The van der Waals surface area contributed by atoms with Crippen LogP contribution >= 0.6 is 11.8 Å². The van der Waals surface area contributed by atoms with Crippen LogP contribution in [0.1, 0.15) is 36.7 Å². The fraction of sp³-hybridized carbons (Fsp3) is 0.450. The molecule has 0 aliphatic heterocycles. The third kappa shape index (κ3) is 5.13. The molecule has 6 nitrogen and oxygen atoms in total. The number of nitrogens with one attached hydrogen (secondary N) is 1. The quantitative estimate of drug-likeness (QED) is 0.737. The molecule has 1 aliphatic carbocycles. The van der Waals surface area contributed by atoms with Crippen molar-refractivity contribution in [3.63, 3.8) is 0 Å². The van der Waals surface area contributed by atoms with Crippen LogP contribution in [0.25, 0.3) is 0 Å². The van der Waals surface area contributed by atoms with Gasteiger partial charge in [0.1, 0.15) is 0 Å². The van der Waals surface area contributed by atoms with E-state index in [1.54, 1.807) is 11.6 Å². The van der Waals surface area contributed by atoms with Gasteiger partial charge in [-0.1, -0.05) is 12.1 Å². The smallest absolute Gasteiger partial charge is 0.311 e. The number of esters is 1. The van der Waals surface area contributed by atoms with Gasteiger partial charge in [-0.25, -0.2) is 0 Å². The van der Waals surface area contributed by atoms with Gasteiger partial charge < -0.3 is 10.1 Å². The summed E-state index contributed by atoms with van der Waals surface area (Å²) in [6.07, 6.45) is 1.85. The standard InChI is InChI=1S/C20H25N3O3S/c1-12-19(13(2)23(4)22-12)21-20(25)14(3)26-18(24)11-15-5-7-16(8-6-15)27-17-9-10-17/h5-8,14,17H,9-11H2,1-4H3,(H,21,25). The molecule has 3 rings (SSSR count). The van der Waals surface area contributed by atoms with Crippen LogP contribution in [0.4, 0.5) is 5.69 Å². The molecule has 1 aromatic heterocycles. The molecule has 1 aromatic carbocycles. The van der Waals surface area contributed by atoms with E-state index < -0.39 is 12.1 Å². The molecule has 7 heteroatoms. The van der Waals surface area contributed by atoms with Crippen molar-refractivity contribution in [2.45, 2.75) is 56.3 Å². The van der Waals surface area contributed by atoms with Crippen molar-refractivity contribution in [3.8, 4) is 0 Å². The van der Waals surface area contributed by atoms with Gasteiger partial charge in [-0.05, 0) is 51.3 Å². The van der Waals surface area contributed by atoms with Gasteiger partial charge in [0, 0.05) is 17.2 Å². The maximum atomic E-state index is 12.3. The first-order chi connectivity index (χ1) is 12.8. The first kappa shape index (κ1) is 19.5. The van der Waals surface area contributed by atoms with E-state index in [2.05, 4.69) is 10.4 Å². The molecule has 1 unspecified atom stereocenters. The van der Waals surface area contributed by atoms with Crippen LogP contribution in [0.5, 0.6) is 0 Å². The Kier molecular flexibility index (Phi) is 5.89. The first-order valence-corrected chi connectivity index (χ1v) is 9.97. The number of thioether (sulfide) groups is 1. The molecule has 1 amide bonds. The Morgan fingerprint density at radius 3 is 2.52 bits per heavy atom. The lowest BCUT2D eigenvalue weighted by Gasteiger charge is -2.14. The second kappa shape index (κ2) is 8.17. The molecule has 1 N–H and O–H groups in total. The fourth-order valence-electron chi connectivity index (χ4n) is 2.70. The largest absolute Gasteiger partial charge is 0.452 e. The van der Waals surface area contributed by atoms with Crippen molar-refractivity contribution in [1.29, 1.82) is 0 Å². The second-order valence-corrected chi connectivity index (χ2v) is 8.30. The van der Waals surface area contributed by atoms with E-state index >= 15 is 0 Å². The average molecular weight is 388 g/mol. The zero-order valence-corrected chi connectivity index (χ0v) is 16.9. The zero-order valence-electron chi connectivity index (χ0n) is 16.1. The van der Waals surface area contributed by atoms with E-state index in [0.717, 1.165) is 22.2 Å².